The standard InChI is InChI=1S/C11H15I/c1-2-4-10-5-3-6-11(9-10)7-8-12/h3,5-6,9H,2,4,7-8H2,1H3. The van der Waals surface area contributed by atoms with Crippen LogP contribution < -0.4 is 0 Å². The van der Waals surface area contributed by atoms with Gasteiger partial charge < -0.3 is 0 Å². The van der Waals surface area contributed by atoms with E-state index in [0.717, 1.165) is 0 Å². The Morgan fingerprint density at radius 2 is 1.83 bits per heavy atom. The first-order valence-electron chi connectivity index (χ1n) is 4.50. The highest BCUT2D eigenvalue weighted by molar-refractivity contribution is 14.1. The molecule has 0 amide bonds. The van der Waals surface area contributed by atoms with Crippen molar-refractivity contribution in [2.24, 2.45) is 0 Å². The zero-order chi connectivity index (χ0) is 8.81. The molecule has 0 aliphatic carbocycles. The van der Waals surface area contributed by atoms with E-state index in [0.29, 0.717) is 0 Å². The molecule has 0 fully saturated rings. The minimum Gasteiger partial charge on any atom is -0.0860 e. The smallest absolute Gasteiger partial charge is 0.00358 e. The summed E-state index contributed by atoms with van der Waals surface area (Å²) >= 11 is 2.42. The highest BCUT2D eigenvalue weighted by atomic mass is 127. The van der Waals surface area contributed by atoms with Crippen LogP contribution in [0.25, 0.3) is 0 Å². The van der Waals surface area contributed by atoms with Crippen molar-refractivity contribution in [1.29, 1.82) is 0 Å². The van der Waals surface area contributed by atoms with Gasteiger partial charge in [-0.1, -0.05) is 60.2 Å². The molecule has 0 N–H and O–H groups in total. The number of hydrogen-bond donors (Lipinski definition) is 0. The average molecular weight is 274 g/mol. The zero-order valence-electron chi connectivity index (χ0n) is 7.52. The molecule has 1 aromatic rings. The third kappa shape index (κ3) is 3.13. The van der Waals surface area contributed by atoms with E-state index in [4.69, 9.17) is 0 Å². The average Bonchev–Trinajstić information content (AvgIpc) is 2.06. The maximum absolute atomic E-state index is 2.42. The van der Waals surface area contributed by atoms with Crippen molar-refractivity contribution in [3.63, 3.8) is 0 Å². The Labute approximate surface area is 88.5 Å². The van der Waals surface area contributed by atoms with Crippen LogP contribution in [0.3, 0.4) is 0 Å². The van der Waals surface area contributed by atoms with E-state index in [-0.39, 0.29) is 0 Å². The Morgan fingerprint density at radius 3 is 2.42 bits per heavy atom. The largest absolute Gasteiger partial charge is 0.0860 e. The van der Waals surface area contributed by atoms with Gasteiger partial charge >= 0.3 is 0 Å². The van der Waals surface area contributed by atoms with Gasteiger partial charge in [-0.25, -0.2) is 0 Å². The van der Waals surface area contributed by atoms with E-state index in [1.165, 1.54) is 34.8 Å². The van der Waals surface area contributed by atoms with Gasteiger partial charge in [0, 0.05) is 4.43 Å². The van der Waals surface area contributed by atoms with Crippen LogP contribution >= 0.6 is 22.6 Å². The monoisotopic (exact) mass is 274 g/mol. The fraction of sp³-hybridized carbons (Fsp3) is 0.455. The molecule has 0 unspecified atom stereocenters. The molecule has 0 saturated carbocycles. The van der Waals surface area contributed by atoms with Crippen LogP contribution in [0.1, 0.15) is 24.5 Å². The van der Waals surface area contributed by atoms with E-state index in [1.807, 2.05) is 0 Å². The van der Waals surface area contributed by atoms with Gasteiger partial charge in [0.25, 0.3) is 0 Å². The van der Waals surface area contributed by atoms with Crippen LogP contribution in [0.5, 0.6) is 0 Å². The Morgan fingerprint density at radius 1 is 1.17 bits per heavy atom. The number of alkyl halides is 1. The molecule has 0 aromatic heterocycles. The molecule has 0 aliphatic rings. The minimum absolute atomic E-state index is 1.21. The fourth-order valence-electron chi connectivity index (χ4n) is 1.34. The summed E-state index contributed by atoms with van der Waals surface area (Å²) < 4.78 is 1.22. The van der Waals surface area contributed by atoms with Crippen molar-refractivity contribution >= 4 is 22.6 Å². The van der Waals surface area contributed by atoms with E-state index < -0.39 is 0 Å². The highest BCUT2D eigenvalue weighted by Crippen LogP contribution is 2.08. The summed E-state index contributed by atoms with van der Waals surface area (Å²) in [5, 5.41) is 0. The van der Waals surface area contributed by atoms with Gasteiger partial charge in [0.05, 0.1) is 0 Å². The van der Waals surface area contributed by atoms with Crippen LogP contribution in [0.4, 0.5) is 0 Å². The lowest BCUT2D eigenvalue weighted by Crippen LogP contribution is -1.88. The summed E-state index contributed by atoms with van der Waals surface area (Å²) in [7, 11) is 0. The van der Waals surface area contributed by atoms with Gasteiger partial charge in [0.15, 0.2) is 0 Å². The lowest BCUT2D eigenvalue weighted by molar-refractivity contribution is 0.918. The summed E-state index contributed by atoms with van der Waals surface area (Å²) in [6.07, 6.45) is 3.67. The molecule has 1 heteroatoms. The first-order valence-corrected chi connectivity index (χ1v) is 6.03. The van der Waals surface area contributed by atoms with Crippen LogP contribution in [0.2, 0.25) is 0 Å². The van der Waals surface area contributed by atoms with Crippen molar-refractivity contribution in [2.45, 2.75) is 26.2 Å². The second kappa shape index (κ2) is 5.57. The van der Waals surface area contributed by atoms with Gasteiger partial charge in [-0.15, -0.1) is 0 Å². The minimum atomic E-state index is 1.21. The third-order valence-electron chi connectivity index (χ3n) is 1.91. The summed E-state index contributed by atoms with van der Waals surface area (Å²) in [5.74, 6) is 0. The number of benzene rings is 1. The Kier molecular flexibility index (Phi) is 4.66. The molecule has 66 valence electrons. The summed E-state index contributed by atoms with van der Waals surface area (Å²) in [4.78, 5) is 0. The van der Waals surface area contributed by atoms with Crippen molar-refractivity contribution in [1.82, 2.24) is 0 Å². The molecule has 0 heterocycles. The van der Waals surface area contributed by atoms with Gasteiger partial charge in [-0.2, -0.15) is 0 Å². The second-order valence-electron chi connectivity index (χ2n) is 3.01. The lowest BCUT2D eigenvalue weighted by atomic mass is 10.1. The summed E-state index contributed by atoms with van der Waals surface area (Å²) in [6, 6.07) is 8.95. The lowest BCUT2D eigenvalue weighted by Gasteiger charge is -2.01. The Bertz CT molecular complexity index is 209. The quantitative estimate of drug-likeness (QED) is 0.581. The maximum atomic E-state index is 2.42. The molecule has 0 spiro atoms. The second-order valence-corrected chi connectivity index (χ2v) is 4.09. The first kappa shape index (κ1) is 10.0. The fourth-order valence-corrected chi connectivity index (χ4v) is 1.96. The predicted octanol–water partition coefficient (Wildman–Crippen LogP) is 3.62. The third-order valence-corrected chi connectivity index (χ3v) is 2.45. The van der Waals surface area contributed by atoms with Crippen molar-refractivity contribution < 1.29 is 0 Å². The molecule has 0 radical (unpaired) electrons. The summed E-state index contributed by atoms with van der Waals surface area (Å²) in [5.41, 5.74) is 2.97. The van der Waals surface area contributed by atoms with E-state index in [9.17, 15) is 0 Å². The molecule has 12 heavy (non-hydrogen) atoms. The zero-order valence-corrected chi connectivity index (χ0v) is 9.67. The summed E-state index contributed by atoms with van der Waals surface area (Å²) in [6.45, 7) is 2.23. The number of hydrogen-bond acceptors (Lipinski definition) is 0. The van der Waals surface area contributed by atoms with Gasteiger partial charge in [-0.05, 0) is 24.0 Å². The molecule has 0 nitrogen and oxygen atoms in total. The Hall–Kier alpha value is -0.0500. The van der Waals surface area contributed by atoms with Crippen LogP contribution in [-0.2, 0) is 12.8 Å². The van der Waals surface area contributed by atoms with Crippen LogP contribution in [-0.4, -0.2) is 4.43 Å². The van der Waals surface area contributed by atoms with E-state index in [2.05, 4.69) is 53.8 Å². The van der Waals surface area contributed by atoms with Gasteiger partial charge in [0.1, 0.15) is 0 Å². The molecule has 0 saturated heterocycles. The number of rotatable bonds is 4. The van der Waals surface area contributed by atoms with Gasteiger partial charge in [-0.3, -0.25) is 0 Å². The molecule has 0 aliphatic heterocycles. The van der Waals surface area contributed by atoms with Crippen molar-refractivity contribution in [3.05, 3.63) is 35.4 Å². The first-order chi connectivity index (χ1) is 5.86. The maximum Gasteiger partial charge on any atom is 0.00358 e. The van der Waals surface area contributed by atoms with Crippen LogP contribution in [0, 0.1) is 0 Å². The molecular weight excluding hydrogens is 259 g/mol. The van der Waals surface area contributed by atoms with E-state index >= 15 is 0 Å². The van der Waals surface area contributed by atoms with Gasteiger partial charge in [0.2, 0.25) is 0 Å². The predicted molar refractivity (Wildman–Crippen MR) is 63.0 cm³/mol. The topological polar surface area (TPSA) is 0 Å². The molecule has 1 aromatic carbocycles. The highest BCUT2D eigenvalue weighted by Gasteiger charge is 1.93. The normalized spacial score (nSPS) is 10.2. The molecule has 1 rings (SSSR count). The Balaban J connectivity index is 2.67. The van der Waals surface area contributed by atoms with Crippen molar-refractivity contribution in [2.75, 3.05) is 4.43 Å². The number of aryl methyl sites for hydroxylation is 2. The molecule has 0 bridgehead atoms. The molecule has 0 atom stereocenters. The van der Waals surface area contributed by atoms with Crippen molar-refractivity contribution in [3.8, 4) is 0 Å². The SMILES string of the molecule is CCCc1cccc(CCI)c1. The van der Waals surface area contributed by atoms with Crippen LogP contribution in [0.15, 0.2) is 24.3 Å². The van der Waals surface area contributed by atoms with E-state index in [1.54, 1.807) is 0 Å². The molecular formula is C11H15I. The number of halogens is 1.